The van der Waals surface area contributed by atoms with E-state index in [2.05, 4.69) is 34.5 Å². The number of quaternary nitrogens is 1. The molecule has 0 aliphatic carbocycles. The summed E-state index contributed by atoms with van der Waals surface area (Å²) in [6, 6.07) is 8.36. The number of hydrogen-bond donors (Lipinski definition) is 2. The van der Waals surface area contributed by atoms with Crippen LogP contribution < -0.4 is 16.2 Å². The Balaban J connectivity index is 0.00000156. The lowest BCUT2D eigenvalue weighted by atomic mass is 9.94. The van der Waals surface area contributed by atoms with Crippen LogP contribution in [-0.4, -0.2) is 116 Å². The van der Waals surface area contributed by atoms with Gasteiger partial charge in [0, 0.05) is 75.9 Å². The Morgan fingerprint density at radius 1 is 1.02 bits per heavy atom. The number of aromatic nitrogens is 5. The van der Waals surface area contributed by atoms with E-state index in [1.807, 2.05) is 18.0 Å². The van der Waals surface area contributed by atoms with E-state index in [1.54, 1.807) is 63.9 Å². The number of anilines is 2. The first-order valence-electron chi connectivity index (χ1n) is 16.2. The molecule has 2 aliphatic rings. The quantitative estimate of drug-likeness (QED) is 0.222. The average Bonchev–Trinajstić information content (AvgIpc) is 3.66. The second kappa shape index (κ2) is 15.1. The fourth-order valence-electron chi connectivity index (χ4n) is 6.26. The van der Waals surface area contributed by atoms with E-state index in [4.69, 9.17) is 27.2 Å². The number of nitrogen functional groups attached to an aromatic ring is 1. The van der Waals surface area contributed by atoms with Crippen LogP contribution in [0.15, 0.2) is 48.9 Å². The average molecular weight is 705 g/mol. The number of piperazine rings is 1. The largest absolute Gasteiger partial charge is 0.554 e. The number of likely N-dealkylation sites (tertiary alicyclic amines) is 1. The molecule has 50 heavy (non-hydrogen) atoms. The minimum absolute atomic E-state index is 0.0685. The minimum atomic E-state index is -0.500. The molecule has 2 aliphatic heterocycles. The maximum Gasteiger partial charge on any atom is 0.291 e. The molecular weight excluding hydrogens is 664 g/mol. The molecule has 3 aromatic heterocycles. The van der Waals surface area contributed by atoms with Crippen LogP contribution in [0.25, 0.3) is 17.1 Å². The fraction of sp³-hybridized carbons (Fsp3) is 0.382. The topological polar surface area (TPSA) is 184 Å². The second-order valence-electron chi connectivity index (χ2n) is 13.1. The summed E-state index contributed by atoms with van der Waals surface area (Å²) in [5.41, 5.74) is 9.34. The standard InChI is InChI=1S/C33H39ClN10O3.CH2O2/c1-21-26(20-43(39-21)29-8-5-23(35)18-36-29)28-19-37-30(40(28)2)31(45)38-24-6-7-25(27(34)17-24)33(47)42-13-11-41(12-14-42)32(46)22-9-15-44(3,4)16-10-22;2-1-3/h5-8,17-20,22H,9-16,35H2,1-4H3;1H,(H,2,3). The SMILES string of the molecule is Cc1nn(-c2ccc(N)cn2)cc1-c1cnc(C(=O)Nc2ccc(C(=O)N3CCN(C(=O)C4CC[N+](C)(C)CC4)CC3)c(Cl)c2)n1C.O=C[O-]. The number of nitrogens with two attached hydrogens (primary N) is 1. The van der Waals surface area contributed by atoms with Gasteiger partial charge in [-0.25, -0.2) is 14.6 Å². The molecule has 1 aromatic carbocycles. The zero-order valence-corrected chi connectivity index (χ0v) is 29.3. The summed E-state index contributed by atoms with van der Waals surface area (Å²) in [4.78, 5) is 60.3. The molecule has 5 heterocycles. The lowest BCUT2D eigenvalue weighted by Gasteiger charge is -2.40. The monoisotopic (exact) mass is 704 g/mol. The van der Waals surface area contributed by atoms with Gasteiger partial charge in [-0.15, -0.1) is 0 Å². The molecule has 3 N–H and O–H groups in total. The van der Waals surface area contributed by atoms with Crippen LogP contribution in [-0.2, 0) is 16.6 Å². The van der Waals surface area contributed by atoms with E-state index in [9.17, 15) is 14.4 Å². The molecule has 6 rings (SSSR count). The van der Waals surface area contributed by atoms with Crippen molar-refractivity contribution >= 4 is 47.2 Å². The number of rotatable bonds is 6. The van der Waals surface area contributed by atoms with Crippen molar-refractivity contribution < 1.29 is 28.8 Å². The molecule has 0 saturated carbocycles. The van der Waals surface area contributed by atoms with Crippen molar-refractivity contribution in [3.63, 3.8) is 0 Å². The van der Waals surface area contributed by atoms with Crippen LogP contribution in [0.2, 0.25) is 5.02 Å². The third-order valence-corrected chi connectivity index (χ3v) is 9.54. The highest BCUT2D eigenvalue weighted by molar-refractivity contribution is 6.34. The van der Waals surface area contributed by atoms with E-state index in [0.717, 1.165) is 41.7 Å². The van der Waals surface area contributed by atoms with Gasteiger partial charge in [0.05, 0.1) is 67.2 Å². The Hall–Kier alpha value is -5.28. The first kappa shape index (κ1) is 36.0. The van der Waals surface area contributed by atoms with Crippen molar-refractivity contribution in [2.75, 3.05) is 64.4 Å². The minimum Gasteiger partial charge on any atom is -0.554 e. The summed E-state index contributed by atoms with van der Waals surface area (Å²) in [5, 5.41) is 15.9. The molecule has 0 bridgehead atoms. The molecule has 0 spiro atoms. The van der Waals surface area contributed by atoms with Gasteiger partial charge in [-0.05, 0) is 37.3 Å². The van der Waals surface area contributed by atoms with Gasteiger partial charge in [-0.3, -0.25) is 14.4 Å². The molecule has 0 radical (unpaired) electrons. The zero-order valence-electron chi connectivity index (χ0n) is 28.5. The Morgan fingerprint density at radius 2 is 1.68 bits per heavy atom. The highest BCUT2D eigenvalue weighted by Crippen LogP contribution is 2.27. The van der Waals surface area contributed by atoms with Crippen LogP contribution >= 0.6 is 11.6 Å². The number of piperidine rings is 1. The molecule has 2 saturated heterocycles. The highest BCUT2D eigenvalue weighted by atomic mass is 35.5. The van der Waals surface area contributed by atoms with Gasteiger partial charge in [-0.1, -0.05) is 11.6 Å². The Kier molecular flexibility index (Phi) is 10.9. The van der Waals surface area contributed by atoms with Crippen molar-refractivity contribution in [2.45, 2.75) is 19.8 Å². The summed E-state index contributed by atoms with van der Waals surface area (Å²) in [5.74, 6) is 0.450. The number of carboxylic acid groups (broad SMARTS) is 1. The number of pyridine rings is 1. The van der Waals surface area contributed by atoms with Crippen molar-refractivity contribution in [1.82, 2.24) is 34.1 Å². The number of halogens is 1. The smallest absolute Gasteiger partial charge is 0.291 e. The molecule has 4 aromatic rings. The summed E-state index contributed by atoms with van der Waals surface area (Å²) in [7, 11) is 6.16. The Bertz CT molecular complexity index is 1870. The van der Waals surface area contributed by atoms with Crippen LogP contribution in [0.3, 0.4) is 0 Å². The van der Waals surface area contributed by atoms with Gasteiger partial charge < -0.3 is 39.8 Å². The van der Waals surface area contributed by atoms with Gasteiger partial charge in [0.2, 0.25) is 5.91 Å². The van der Waals surface area contributed by atoms with Gasteiger partial charge in [0.25, 0.3) is 11.8 Å². The summed E-state index contributed by atoms with van der Waals surface area (Å²) in [6.07, 6.45) is 6.82. The number of carbonyl (C=O) groups excluding carboxylic acids is 4. The van der Waals surface area contributed by atoms with Crippen molar-refractivity contribution in [3.8, 4) is 17.1 Å². The van der Waals surface area contributed by atoms with E-state index in [-0.39, 0.29) is 28.6 Å². The molecule has 264 valence electrons. The maximum absolute atomic E-state index is 13.4. The fourth-order valence-corrected chi connectivity index (χ4v) is 6.52. The molecule has 0 unspecified atom stereocenters. The Labute approximate surface area is 294 Å². The summed E-state index contributed by atoms with van der Waals surface area (Å²) < 4.78 is 4.30. The van der Waals surface area contributed by atoms with Crippen molar-refractivity contribution in [3.05, 3.63) is 71.0 Å². The predicted octanol–water partition coefficient (Wildman–Crippen LogP) is 1.60. The number of nitrogens with one attached hydrogen (secondary N) is 1. The van der Waals surface area contributed by atoms with Gasteiger partial charge >= 0.3 is 0 Å². The van der Waals surface area contributed by atoms with E-state index in [1.165, 1.54) is 0 Å². The van der Waals surface area contributed by atoms with Gasteiger partial charge in [0.15, 0.2) is 11.6 Å². The van der Waals surface area contributed by atoms with Crippen molar-refractivity contribution in [1.29, 1.82) is 0 Å². The second-order valence-corrected chi connectivity index (χ2v) is 13.5. The van der Waals surface area contributed by atoms with E-state index >= 15 is 0 Å². The lowest BCUT2D eigenvalue weighted by Crippen LogP contribution is -2.54. The Morgan fingerprint density at radius 3 is 2.30 bits per heavy atom. The summed E-state index contributed by atoms with van der Waals surface area (Å²) >= 11 is 6.56. The van der Waals surface area contributed by atoms with Gasteiger partial charge in [-0.2, -0.15) is 5.10 Å². The number of benzene rings is 1. The third kappa shape index (κ3) is 7.95. The first-order chi connectivity index (χ1) is 23.8. The molecule has 16 heteroatoms. The number of imidazole rings is 1. The van der Waals surface area contributed by atoms with Crippen LogP contribution in [0.4, 0.5) is 11.4 Å². The molecular formula is C34H41ClN10O5. The van der Waals surface area contributed by atoms with E-state index in [0.29, 0.717) is 54.6 Å². The van der Waals surface area contributed by atoms with E-state index < -0.39 is 12.4 Å². The van der Waals surface area contributed by atoms with Crippen molar-refractivity contribution in [2.24, 2.45) is 13.0 Å². The number of aryl methyl sites for hydroxylation is 1. The summed E-state index contributed by atoms with van der Waals surface area (Å²) in [6.45, 7) is 5.29. The highest BCUT2D eigenvalue weighted by Gasteiger charge is 2.35. The molecule has 3 amide bonds. The first-order valence-corrected chi connectivity index (χ1v) is 16.6. The molecule has 2 fully saturated rings. The maximum atomic E-state index is 13.4. The normalized spacial score (nSPS) is 15.9. The molecule has 15 nitrogen and oxygen atoms in total. The number of amides is 3. The number of hydrogen-bond acceptors (Lipinski definition) is 9. The zero-order chi connectivity index (χ0) is 36.2. The lowest BCUT2D eigenvalue weighted by molar-refractivity contribution is -0.895. The third-order valence-electron chi connectivity index (χ3n) is 9.22. The van der Waals surface area contributed by atoms with Gasteiger partial charge in [0.1, 0.15) is 0 Å². The van der Waals surface area contributed by atoms with Crippen LogP contribution in [0.1, 0.15) is 39.5 Å². The van der Waals surface area contributed by atoms with Crippen LogP contribution in [0, 0.1) is 12.8 Å². The number of carbonyl (C=O) groups is 4. The predicted molar refractivity (Wildman–Crippen MR) is 185 cm³/mol. The number of nitrogens with zero attached hydrogens (tertiary/aromatic N) is 8. The molecule has 0 atom stereocenters. The van der Waals surface area contributed by atoms with Crippen LogP contribution in [0.5, 0.6) is 0 Å².